The monoisotopic (exact) mass is 170 g/mol. The molecule has 1 amide bonds. The van der Waals surface area contributed by atoms with Gasteiger partial charge in [0.05, 0.1) is 0 Å². The van der Waals surface area contributed by atoms with Crippen LogP contribution in [0.5, 0.6) is 0 Å². The Hall–Kier alpha value is -0.570. The Balaban J connectivity index is 2.30. The fourth-order valence-electron chi connectivity index (χ4n) is 1.85. The van der Waals surface area contributed by atoms with Crippen LogP contribution in [0.25, 0.3) is 0 Å². The van der Waals surface area contributed by atoms with Gasteiger partial charge in [0.15, 0.2) is 0 Å². The highest BCUT2D eigenvalue weighted by molar-refractivity contribution is 5.73. The van der Waals surface area contributed by atoms with E-state index in [0.717, 1.165) is 12.8 Å². The van der Waals surface area contributed by atoms with Crippen molar-refractivity contribution in [2.45, 2.75) is 38.3 Å². The van der Waals surface area contributed by atoms with E-state index in [4.69, 9.17) is 0 Å². The summed E-state index contributed by atoms with van der Waals surface area (Å²) in [4.78, 5) is 13.0. The molecule has 0 saturated heterocycles. The van der Waals surface area contributed by atoms with Gasteiger partial charge in [-0.25, -0.2) is 0 Å². The normalized spacial score (nSPS) is 29.3. The van der Waals surface area contributed by atoms with Crippen molar-refractivity contribution in [1.29, 1.82) is 0 Å². The van der Waals surface area contributed by atoms with Crippen molar-refractivity contribution in [1.82, 2.24) is 10.2 Å². The smallest absolute Gasteiger partial charge is 0.217 e. The van der Waals surface area contributed by atoms with Gasteiger partial charge >= 0.3 is 0 Å². The molecule has 70 valence electrons. The summed E-state index contributed by atoms with van der Waals surface area (Å²) in [6, 6.07) is 1.07. The second kappa shape index (κ2) is 3.90. The summed E-state index contributed by atoms with van der Waals surface area (Å²) in [5.74, 6) is 0.0967. The van der Waals surface area contributed by atoms with Gasteiger partial charge in [0.2, 0.25) is 5.91 Å². The molecular weight excluding hydrogens is 152 g/mol. The predicted octanol–water partition coefficient (Wildman–Crippen LogP) is 0.605. The zero-order chi connectivity index (χ0) is 9.14. The Labute approximate surface area is 74.1 Å². The van der Waals surface area contributed by atoms with E-state index in [1.54, 1.807) is 6.92 Å². The zero-order valence-corrected chi connectivity index (χ0v) is 8.13. The zero-order valence-electron chi connectivity index (χ0n) is 8.13. The molecule has 0 radical (unpaired) electrons. The first kappa shape index (κ1) is 9.52. The van der Waals surface area contributed by atoms with Crippen LogP contribution in [0.15, 0.2) is 0 Å². The van der Waals surface area contributed by atoms with Crippen LogP contribution in [0.3, 0.4) is 0 Å². The van der Waals surface area contributed by atoms with Crippen molar-refractivity contribution >= 4 is 5.91 Å². The lowest BCUT2D eigenvalue weighted by Gasteiger charge is -2.18. The van der Waals surface area contributed by atoms with E-state index < -0.39 is 0 Å². The first-order chi connectivity index (χ1) is 5.59. The molecule has 3 nitrogen and oxygen atoms in total. The molecule has 0 aromatic carbocycles. The highest BCUT2D eigenvalue weighted by Gasteiger charge is 2.25. The number of carbonyl (C=O) groups excluding carboxylic acids is 1. The Kier molecular flexibility index (Phi) is 3.09. The Morgan fingerprint density at radius 2 is 2.08 bits per heavy atom. The van der Waals surface area contributed by atoms with Gasteiger partial charge in [-0.1, -0.05) is 0 Å². The number of rotatable bonds is 2. The van der Waals surface area contributed by atoms with Gasteiger partial charge in [0.25, 0.3) is 0 Å². The van der Waals surface area contributed by atoms with Crippen molar-refractivity contribution in [3.05, 3.63) is 0 Å². The third-order valence-electron chi connectivity index (χ3n) is 2.54. The van der Waals surface area contributed by atoms with Crippen LogP contribution in [-0.4, -0.2) is 37.0 Å². The number of nitrogens with zero attached hydrogens (tertiary/aromatic N) is 1. The molecule has 3 heteroatoms. The summed E-state index contributed by atoms with van der Waals surface area (Å²) >= 11 is 0. The van der Waals surface area contributed by atoms with Crippen LogP contribution < -0.4 is 5.32 Å². The number of nitrogens with one attached hydrogen (secondary N) is 1. The van der Waals surface area contributed by atoms with E-state index in [9.17, 15) is 4.79 Å². The molecule has 0 aliphatic heterocycles. The Morgan fingerprint density at radius 3 is 2.50 bits per heavy atom. The number of amides is 1. The lowest BCUT2D eigenvalue weighted by molar-refractivity contribution is -0.119. The van der Waals surface area contributed by atoms with Crippen molar-refractivity contribution in [3.63, 3.8) is 0 Å². The Morgan fingerprint density at radius 1 is 1.42 bits per heavy atom. The average molecular weight is 170 g/mol. The van der Waals surface area contributed by atoms with Gasteiger partial charge in [-0.15, -0.1) is 0 Å². The van der Waals surface area contributed by atoms with Gasteiger partial charge in [-0.05, 0) is 33.4 Å². The van der Waals surface area contributed by atoms with E-state index in [0.29, 0.717) is 12.1 Å². The fraction of sp³-hybridized carbons (Fsp3) is 0.889. The largest absolute Gasteiger partial charge is 0.354 e. The molecule has 0 bridgehead atoms. The molecular formula is C9H18N2O. The maximum absolute atomic E-state index is 10.8. The highest BCUT2D eigenvalue weighted by atomic mass is 16.1. The lowest BCUT2D eigenvalue weighted by atomic mass is 10.2. The fourth-order valence-corrected chi connectivity index (χ4v) is 1.85. The number of hydrogen-bond acceptors (Lipinski definition) is 2. The number of hydrogen-bond donors (Lipinski definition) is 1. The van der Waals surface area contributed by atoms with Crippen LogP contribution >= 0.6 is 0 Å². The van der Waals surface area contributed by atoms with Crippen molar-refractivity contribution in [2.24, 2.45) is 0 Å². The third kappa shape index (κ3) is 2.48. The number of carbonyl (C=O) groups is 1. The molecule has 0 heterocycles. The molecule has 1 N–H and O–H groups in total. The van der Waals surface area contributed by atoms with E-state index in [-0.39, 0.29) is 5.91 Å². The molecule has 1 saturated carbocycles. The lowest BCUT2D eigenvalue weighted by Crippen LogP contribution is -2.33. The van der Waals surface area contributed by atoms with Gasteiger partial charge in [-0.3, -0.25) is 4.79 Å². The van der Waals surface area contributed by atoms with E-state index in [1.807, 2.05) is 0 Å². The molecule has 12 heavy (non-hydrogen) atoms. The minimum absolute atomic E-state index is 0.0967. The van der Waals surface area contributed by atoms with Crippen LogP contribution in [0.1, 0.15) is 26.2 Å². The second-order valence-corrected chi connectivity index (χ2v) is 3.83. The summed E-state index contributed by atoms with van der Waals surface area (Å²) in [5, 5.41) is 2.96. The molecule has 1 aliphatic carbocycles. The highest BCUT2D eigenvalue weighted by Crippen LogP contribution is 2.22. The third-order valence-corrected chi connectivity index (χ3v) is 2.54. The molecule has 2 unspecified atom stereocenters. The predicted molar refractivity (Wildman–Crippen MR) is 48.9 cm³/mol. The molecule has 1 aliphatic rings. The van der Waals surface area contributed by atoms with E-state index in [1.165, 1.54) is 6.42 Å². The molecule has 1 fully saturated rings. The molecule has 1 rings (SSSR count). The maximum atomic E-state index is 10.8. The van der Waals surface area contributed by atoms with Crippen LogP contribution in [-0.2, 0) is 4.79 Å². The minimum atomic E-state index is 0.0967. The van der Waals surface area contributed by atoms with E-state index >= 15 is 0 Å². The summed E-state index contributed by atoms with van der Waals surface area (Å²) < 4.78 is 0. The topological polar surface area (TPSA) is 32.3 Å². The summed E-state index contributed by atoms with van der Waals surface area (Å²) in [6.45, 7) is 1.59. The first-order valence-corrected chi connectivity index (χ1v) is 4.53. The maximum Gasteiger partial charge on any atom is 0.217 e. The van der Waals surface area contributed by atoms with Crippen LogP contribution in [0.4, 0.5) is 0 Å². The van der Waals surface area contributed by atoms with Crippen molar-refractivity contribution < 1.29 is 4.79 Å². The first-order valence-electron chi connectivity index (χ1n) is 4.53. The SMILES string of the molecule is CC(=O)NC1CCC(N(C)C)C1. The summed E-state index contributed by atoms with van der Waals surface area (Å²) in [5.41, 5.74) is 0. The van der Waals surface area contributed by atoms with Crippen LogP contribution in [0.2, 0.25) is 0 Å². The van der Waals surface area contributed by atoms with Crippen molar-refractivity contribution in [2.75, 3.05) is 14.1 Å². The molecule has 0 aromatic rings. The minimum Gasteiger partial charge on any atom is -0.354 e. The Bertz CT molecular complexity index is 168. The second-order valence-electron chi connectivity index (χ2n) is 3.83. The molecule has 0 spiro atoms. The summed E-state index contributed by atoms with van der Waals surface area (Å²) in [6.07, 6.45) is 3.44. The van der Waals surface area contributed by atoms with Crippen molar-refractivity contribution in [3.8, 4) is 0 Å². The molecule has 0 aromatic heterocycles. The standard InChI is InChI=1S/C9H18N2O/c1-7(12)10-8-4-5-9(6-8)11(2)3/h8-9H,4-6H2,1-3H3,(H,10,12). The van der Waals surface area contributed by atoms with Crippen LogP contribution in [0, 0.1) is 0 Å². The summed E-state index contributed by atoms with van der Waals surface area (Å²) in [7, 11) is 4.20. The quantitative estimate of drug-likeness (QED) is 0.658. The van der Waals surface area contributed by atoms with Gasteiger partial charge in [0.1, 0.15) is 0 Å². The van der Waals surface area contributed by atoms with Gasteiger partial charge in [0, 0.05) is 19.0 Å². The molecule has 2 atom stereocenters. The average Bonchev–Trinajstić information content (AvgIpc) is 2.34. The van der Waals surface area contributed by atoms with E-state index in [2.05, 4.69) is 24.3 Å². The van der Waals surface area contributed by atoms with Gasteiger partial charge in [-0.2, -0.15) is 0 Å². The van der Waals surface area contributed by atoms with Gasteiger partial charge < -0.3 is 10.2 Å².